The molecule has 1 aromatic heterocycles. The fraction of sp³-hybridized carbons (Fsp3) is 0.455. The predicted molar refractivity (Wildman–Crippen MR) is 60.4 cm³/mol. The summed E-state index contributed by atoms with van der Waals surface area (Å²) < 4.78 is 0. The number of aromatic nitrogens is 1. The van der Waals surface area contributed by atoms with E-state index in [9.17, 15) is 4.79 Å². The van der Waals surface area contributed by atoms with Gasteiger partial charge in [-0.2, -0.15) is 0 Å². The standard InChI is InChI=1S/C11H16N4O/c12-14-11(16)10-5-3-4-9(13-10)8-15-6-1-2-7-15/h3-5H,1-2,6-8,12H2,(H,14,16). The number of carbonyl (C=O) groups excluding carboxylic acids is 1. The van der Waals surface area contributed by atoms with Crippen LogP contribution in [0.2, 0.25) is 0 Å². The van der Waals surface area contributed by atoms with Gasteiger partial charge in [0.05, 0.1) is 5.69 Å². The van der Waals surface area contributed by atoms with Crippen molar-refractivity contribution in [2.75, 3.05) is 13.1 Å². The molecule has 1 fully saturated rings. The van der Waals surface area contributed by atoms with E-state index in [2.05, 4.69) is 15.3 Å². The van der Waals surface area contributed by atoms with Crippen molar-refractivity contribution in [1.29, 1.82) is 0 Å². The molecule has 5 nitrogen and oxygen atoms in total. The average Bonchev–Trinajstić information content (AvgIpc) is 2.81. The Bertz CT molecular complexity index is 374. The first-order chi connectivity index (χ1) is 7.79. The molecule has 0 saturated carbocycles. The van der Waals surface area contributed by atoms with Gasteiger partial charge in [0.25, 0.3) is 5.91 Å². The second-order valence-corrected chi connectivity index (χ2v) is 3.97. The molecule has 2 rings (SSSR count). The van der Waals surface area contributed by atoms with Crippen molar-refractivity contribution in [3.8, 4) is 0 Å². The zero-order valence-corrected chi connectivity index (χ0v) is 9.15. The van der Waals surface area contributed by atoms with Gasteiger partial charge in [0.1, 0.15) is 5.69 Å². The van der Waals surface area contributed by atoms with Gasteiger partial charge in [-0.05, 0) is 38.1 Å². The first-order valence-corrected chi connectivity index (χ1v) is 5.49. The molecule has 1 saturated heterocycles. The van der Waals surface area contributed by atoms with Gasteiger partial charge in [-0.1, -0.05) is 6.07 Å². The van der Waals surface area contributed by atoms with E-state index in [-0.39, 0.29) is 5.91 Å². The molecular formula is C11H16N4O. The van der Waals surface area contributed by atoms with E-state index in [0.717, 1.165) is 25.3 Å². The molecule has 16 heavy (non-hydrogen) atoms. The predicted octanol–water partition coefficient (Wildman–Crippen LogP) is 0.281. The first-order valence-electron chi connectivity index (χ1n) is 5.49. The van der Waals surface area contributed by atoms with E-state index < -0.39 is 0 Å². The third kappa shape index (κ3) is 2.56. The molecule has 1 amide bonds. The third-order valence-electron chi connectivity index (χ3n) is 2.75. The minimum absolute atomic E-state index is 0.344. The van der Waals surface area contributed by atoms with Crippen molar-refractivity contribution < 1.29 is 4.79 Å². The van der Waals surface area contributed by atoms with Crippen LogP contribution in [-0.4, -0.2) is 28.9 Å². The van der Waals surface area contributed by atoms with Crippen LogP contribution in [0.15, 0.2) is 18.2 Å². The van der Waals surface area contributed by atoms with Crippen molar-refractivity contribution in [2.45, 2.75) is 19.4 Å². The lowest BCUT2D eigenvalue weighted by atomic mass is 10.3. The first kappa shape index (κ1) is 11.0. The molecule has 0 radical (unpaired) electrons. The molecule has 5 heteroatoms. The molecule has 86 valence electrons. The number of hydrogen-bond donors (Lipinski definition) is 2. The molecule has 0 aromatic carbocycles. The van der Waals surface area contributed by atoms with Gasteiger partial charge in [-0.15, -0.1) is 0 Å². The van der Waals surface area contributed by atoms with Gasteiger partial charge in [0, 0.05) is 6.54 Å². The van der Waals surface area contributed by atoms with Gasteiger partial charge in [0.15, 0.2) is 0 Å². The Labute approximate surface area is 94.6 Å². The summed E-state index contributed by atoms with van der Waals surface area (Å²) in [5.74, 6) is 4.72. The van der Waals surface area contributed by atoms with Crippen LogP contribution in [0.1, 0.15) is 29.0 Å². The van der Waals surface area contributed by atoms with Crippen molar-refractivity contribution in [2.24, 2.45) is 5.84 Å². The molecule has 1 aliphatic heterocycles. The van der Waals surface area contributed by atoms with Gasteiger partial charge in [-0.25, -0.2) is 10.8 Å². The summed E-state index contributed by atoms with van der Waals surface area (Å²) in [6.45, 7) is 3.05. The highest BCUT2D eigenvalue weighted by Crippen LogP contribution is 2.11. The maximum absolute atomic E-state index is 11.3. The highest BCUT2D eigenvalue weighted by atomic mass is 16.2. The Morgan fingerprint density at radius 1 is 1.44 bits per heavy atom. The molecule has 3 N–H and O–H groups in total. The van der Waals surface area contributed by atoms with Crippen LogP contribution in [0, 0.1) is 0 Å². The van der Waals surface area contributed by atoms with Crippen molar-refractivity contribution >= 4 is 5.91 Å². The molecule has 0 atom stereocenters. The molecule has 0 bridgehead atoms. The number of hydrogen-bond acceptors (Lipinski definition) is 4. The summed E-state index contributed by atoms with van der Waals surface area (Å²) in [4.78, 5) is 17.9. The average molecular weight is 220 g/mol. The number of rotatable bonds is 3. The highest BCUT2D eigenvalue weighted by molar-refractivity contribution is 5.91. The maximum Gasteiger partial charge on any atom is 0.283 e. The molecule has 1 aliphatic rings. The van der Waals surface area contributed by atoms with Crippen LogP contribution < -0.4 is 11.3 Å². The Hall–Kier alpha value is -1.46. The van der Waals surface area contributed by atoms with Gasteiger partial charge >= 0.3 is 0 Å². The number of likely N-dealkylation sites (tertiary alicyclic amines) is 1. The highest BCUT2D eigenvalue weighted by Gasteiger charge is 2.13. The van der Waals surface area contributed by atoms with Crippen LogP contribution in [0.25, 0.3) is 0 Å². The number of pyridine rings is 1. The van der Waals surface area contributed by atoms with Crippen molar-refractivity contribution in [3.63, 3.8) is 0 Å². The quantitative estimate of drug-likeness (QED) is 0.436. The van der Waals surface area contributed by atoms with Crippen LogP contribution in [-0.2, 0) is 6.54 Å². The third-order valence-corrected chi connectivity index (χ3v) is 2.75. The van der Waals surface area contributed by atoms with Crippen molar-refractivity contribution in [3.05, 3.63) is 29.6 Å². The molecule has 0 unspecified atom stereocenters. The number of nitrogen functional groups attached to an aromatic ring is 1. The summed E-state index contributed by atoms with van der Waals surface area (Å²) in [5, 5.41) is 0. The summed E-state index contributed by atoms with van der Waals surface area (Å²) in [5.41, 5.74) is 3.38. The van der Waals surface area contributed by atoms with E-state index in [0.29, 0.717) is 5.69 Å². The lowest BCUT2D eigenvalue weighted by Gasteiger charge is -2.13. The van der Waals surface area contributed by atoms with E-state index in [4.69, 9.17) is 5.84 Å². The summed E-state index contributed by atoms with van der Waals surface area (Å²) in [7, 11) is 0. The number of nitrogens with one attached hydrogen (secondary N) is 1. The largest absolute Gasteiger partial charge is 0.298 e. The summed E-state index contributed by atoms with van der Waals surface area (Å²) >= 11 is 0. The monoisotopic (exact) mass is 220 g/mol. The van der Waals surface area contributed by atoms with Gasteiger partial charge in [-0.3, -0.25) is 15.1 Å². The van der Waals surface area contributed by atoms with E-state index in [1.165, 1.54) is 12.8 Å². The zero-order chi connectivity index (χ0) is 11.4. The number of hydrazine groups is 1. The lowest BCUT2D eigenvalue weighted by molar-refractivity contribution is 0.0948. The smallest absolute Gasteiger partial charge is 0.283 e. The maximum atomic E-state index is 11.3. The molecule has 1 aromatic rings. The number of nitrogens with two attached hydrogens (primary N) is 1. The lowest BCUT2D eigenvalue weighted by Crippen LogP contribution is -2.31. The van der Waals surface area contributed by atoms with Crippen LogP contribution >= 0.6 is 0 Å². The fourth-order valence-electron chi connectivity index (χ4n) is 1.94. The van der Waals surface area contributed by atoms with Gasteiger partial charge in [0.2, 0.25) is 0 Å². The minimum atomic E-state index is -0.344. The van der Waals surface area contributed by atoms with Crippen LogP contribution in [0.4, 0.5) is 0 Å². The molecule has 0 aliphatic carbocycles. The van der Waals surface area contributed by atoms with Crippen LogP contribution in [0.5, 0.6) is 0 Å². The van der Waals surface area contributed by atoms with Crippen molar-refractivity contribution in [1.82, 2.24) is 15.3 Å². The molecular weight excluding hydrogens is 204 g/mol. The normalized spacial score (nSPS) is 16.3. The fourth-order valence-corrected chi connectivity index (χ4v) is 1.94. The Morgan fingerprint density at radius 2 is 2.19 bits per heavy atom. The number of amides is 1. The molecule has 2 heterocycles. The molecule has 0 spiro atoms. The Morgan fingerprint density at radius 3 is 2.88 bits per heavy atom. The Kier molecular flexibility index (Phi) is 3.48. The minimum Gasteiger partial charge on any atom is -0.298 e. The summed E-state index contributed by atoms with van der Waals surface area (Å²) in [6, 6.07) is 5.43. The zero-order valence-electron chi connectivity index (χ0n) is 9.15. The number of carbonyl (C=O) groups is 1. The second-order valence-electron chi connectivity index (χ2n) is 3.97. The number of nitrogens with zero attached hydrogens (tertiary/aromatic N) is 2. The second kappa shape index (κ2) is 5.05. The van der Waals surface area contributed by atoms with Crippen LogP contribution in [0.3, 0.4) is 0 Å². The topological polar surface area (TPSA) is 71.2 Å². The Balaban J connectivity index is 2.06. The van der Waals surface area contributed by atoms with Gasteiger partial charge < -0.3 is 0 Å². The summed E-state index contributed by atoms with van der Waals surface area (Å²) in [6.07, 6.45) is 2.51. The van der Waals surface area contributed by atoms with E-state index in [1.807, 2.05) is 12.1 Å². The SMILES string of the molecule is NNC(=O)c1cccc(CN2CCCC2)n1. The van der Waals surface area contributed by atoms with E-state index >= 15 is 0 Å². The van der Waals surface area contributed by atoms with E-state index in [1.54, 1.807) is 6.07 Å².